The molecule has 1 aromatic carbocycles. The third-order valence-corrected chi connectivity index (χ3v) is 3.20. The molecule has 0 aliphatic heterocycles. The number of carbonyl (C=O) groups is 1. The third kappa shape index (κ3) is 4.31. The zero-order chi connectivity index (χ0) is 15.1. The summed E-state index contributed by atoms with van der Waals surface area (Å²) in [5.74, 6) is -0.109. The Morgan fingerprint density at radius 3 is 2.67 bits per heavy atom. The number of hydrogen-bond acceptors (Lipinski definition) is 3. The molecule has 110 valence electrons. The molecule has 0 atom stereocenters. The van der Waals surface area contributed by atoms with Crippen LogP contribution in [0.5, 0.6) is 0 Å². The predicted molar refractivity (Wildman–Crippen MR) is 85.4 cm³/mol. The molecule has 2 N–H and O–H groups in total. The quantitative estimate of drug-likeness (QED) is 0.856. The Hall–Kier alpha value is -2.36. The van der Waals surface area contributed by atoms with Gasteiger partial charge < -0.3 is 10.6 Å². The van der Waals surface area contributed by atoms with E-state index < -0.39 is 0 Å². The smallest absolute Gasteiger partial charge is 0.255 e. The highest BCUT2D eigenvalue weighted by Crippen LogP contribution is 2.13. The summed E-state index contributed by atoms with van der Waals surface area (Å²) in [4.78, 5) is 16.3. The zero-order valence-electron chi connectivity index (χ0n) is 12.5. The topological polar surface area (TPSA) is 54.0 Å². The summed E-state index contributed by atoms with van der Waals surface area (Å²) in [6.07, 6.45) is 4.30. The van der Waals surface area contributed by atoms with E-state index in [0.717, 1.165) is 24.2 Å². The van der Waals surface area contributed by atoms with Gasteiger partial charge in [0.2, 0.25) is 0 Å². The van der Waals surface area contributed by atoms with Crippen LogP contribution in [-0.2, 0) is 6.54 Å². The first kappa shape index (κ1) is 15.0. The van der Waals surface area contributed by atoms with Crippen LogP contribution in [0.1, 0.15) is 34.8 Å². The molecule has 4 nitrogen and oxygen atoms in total. The summed E-state index contributed by atoms with van der Waals surface area (Å²) in [5.41, 5.74) is 3.70. The van der Waals surface area contributed by atoms with Gasteiger partial charge >= 0.3 is 0 Å². The van der Waals surface area contributed by atoms with Crippen LogP contribution in [0.2, 0.25) is 0 Å². The molecule has 0 fully saturated rings. The fourth-order valence-corrected chi connectivity index (χ4v) is 1.97. The Morgan fingerprint density at radius 1 is 1.19 bits per heavy atom. The van der Waals surface area contributed by atoms with Crippen molar-refractivity contribution in [1.29, 1.82) is 0 Å². The van der Waals surface area contributed by atoms with Gasteiger partial charge in [0.15, 0.2) is 0 Å². The Morgan fingerprint density at radius 2 is 1.95 bits per heavy atom. The van der Waals surface area contributed by atoms with Crippen molar-refractivity contribution >= 4 is 11.6 Å². The number of benzene rings is 1. The molecular weight excluding hydrogens is 262 g/mol. The molecule has 0 aliphatic rings. The second-order valence-electron chi connectivity index (χ2n) is 5.02. The van der Waals surface area contributed by atoms with Gasteiger partial charge in [0.1, 0.15) is 0 Å². The first-order valence-electron chi connectivity index (χ1n) is 7.22. The van der Waals surface area contributed by atoms with Crippen LogP contribution in [0, 0.1) is 6.92 Å². The highest BCUT2D eigenvalue weighted by molar-refractivity contribution is 5.99. The van der Waals surface area contributed by atoms with E-state index in [-0.39, 0.29) is 5.91 Å². The molecule has 0 saturated heterocycles. The molecular formula is C17H21N3O. The molecule has 4 heteroatoms. The molecule has 0 aliphatic carbocycles. The zero-order valence-corrected chi connectivity index (χ0v) is 12.5. The number of aromatic nitrogens is 1. The van der Waals surface area contributed by atoms with Crippen LogP contribution in [0.3, 0.4) is 0 Å². The molecule has 1 aromatic heterocycles. The van der Waals surface area contributed by atoms with Crippen molar-refractivity contribution in [3.63, 3.8) is 0 Å². The maximum absolute atomic E-state index is 12.3. The monoisotopic (exact) mass is 283 g/mol. The Kier molecular flexibility index (Phi) is 5.32. The van der Waals surface area contributed by atoms with E-state index in [2.05, 4.69) is 22.5 Å². The van der Waals surface area contributed by atoms with Crippen molar-refractivity contribution in [2.75, 3.05) is 11.9 Å². The summed E-state index contributed by atoms with van der Waals surface area (Å²) in [6.45, 7) is 5.48. The number of carbonyl (C=O) groups excluding carboxylic acids is 1. The minimum absolute atomic E-state index is 0.109. The lowest BCUT2D eigenvalue weighted by atomic mass is 10.1. The van der Waals surface area contributed by atoms with E-state index in [4.69, 9.17) is 0 Å². The molecule has 21 heavy (non-hydrogen) atoms. The van der Waals surface area contributed by atoms with Gasteiger partial charge in [-0.25, -0.2) is 0 Å². The van der Waals surface area contributed by atoms with Crippen molar-refractivity contribution in [2.45, 2.75) is 26.8 Å². The molecule has 0 unspecified atom stereocenters. The number of anilines is 1. The van der Waals surface area contributed by atoms with Gasteiger partial charge in [0.25, 0.3) is 5.91 Å². The number of amides is 1. The van der Waals surface area contributed by atoms with Gasteiger partial charge in [-0.05, 0) is 25.0 Å². The fraction of sp³-hybridized carbons (Fsp3) is 0.294. The summed E-state index contributed by atoms with van der Waals surface area (Å²) < 4.78 is 0. The Labute approximate surface area is 125 Å². The molecule has 2 rings (SSSR count). The standard InChI is InChI=1S/C17H21N3O/c1-3-9-19-16-8-10-18-12-15(16)17(21)20-11-14-6-4-13(2)5-7-14/h4-8,10,12H,3,9,11H2,1-2H3,(H,18,19)(H,20,21). The fourth-order valence-electron chi connectivity index (χ4n) is 1.97. The van der Waals surface area contributed by atoms with Gasteiger partial charge in [-0.2, -0.15) is 0 Å². The summed E-state index contributed by atoms with van der Waals surface area (Å²) >= 11 is 0. The Balaban J connectivity index is 2.01. The highest BCUT2D eigenvalue weighted by atomic mass is 16.1. The normalized spacial score (nSPS) is 10.2. The number of rotatable bonds is 6. The van der Waals surface area contributed by atoms with Gasteiger partial charge in [0, 0.05) is 25.5 Å². The van der Waals surface area contributed by atoms with Crippen LogP contribution in [0.15, 0.2) is 42.7 Å². The van der Waals surface area contributed by atoms with E-state index in [9.17, 15) is 4.79 Å². The van der Waals surface area contributed by atoms with Gasteiger partial charge in [-0.15, -0.1) is 0 Å². The minimum atomic E-state index is -0.109. The first-order valence-corrected chi connectivity index (χ1v) is 7.22. The number of hydrogen-bond donors (Lipinski definition) is 2. The number of pyridine rings is 1. The maximum atomic E-state index is 12.3. The van der Waals surface area contributed by atoms with Crippen molar-refractivity contribution < 1.29 is 4.79 Å². The van der Waals surface area contributed by atoms with Crippen molar-refractivity contribution in [3.05, 3.63) is 59.4 Å². The average molecular weight is 283 g/mol. The SMILES string of the molecule is CCCNc1ccncc1C(=O)NCc1ccc(C)cc1. The van der Waals surface area contributed by atoms with Gasteiger partial charge in [0.05, 0.1) is 11.3 Å². The molecule has 2 aromatic rings. The van der Waals surface area contributed by atoms with Crippen molar-refractivity contribution in [3.8, 4) is 0 Å². The molecule has 0 spiro atoms. The van der Waals surface area contributed by atoms with E-state index in [1.54, 1.807) is 12.4 Å². The molecule has 0 bridgehead atoms. The second kappa shape index (κ2) is 7.43. The van der Waals surface area contributed by atoms with E-state index in [1.807, 2.05) is 37.3 Å². The summed E-state index contributed by atoms with van der Waals surface area (Å²) in [6, 6.07) is 9.96. The van der Waals surface area contributed by atoms with Crippen LogP contribution in [0.4, 0.5) is 5.69 Å². The summed E-state index contributed by atoms with van der Waals surface area (Å²) in [7, 11) is 0. The Bertz CT molecular complexity index is 593. The minimum Gasteiger partial charge on any atom is -0.384 e. The lowest BCUT2D eigenvalue weighted by Gasteiger charge is -2.11. The summed E-state index contributed by atoms with van der Waals surface area (Å²) in [5, 5.41) is 6.18. The lowest BCUT2D eigenvalue weighted by Crippen LogP contribution is -2.24. The van der Waals surface area contributed by atoms with Gasteiger partial charge in [-0.3, -0.25) is 9.78 Å². The van der Waals surface area contributed by atoms with E-state index in [1.165, 1.54) is 5.56 Å². The third-order valence-electron chi connectivity index (χ3n) is 3.20. The molecule has 0 radical (unpaired) electrons. The molecule has 1 heterocycles. The van der Waals surface area contributed by atoms with E-state index in [0.29, 0.717) is 12.1 Å². The molecule has 0 saturated carbocycles. The van der Waals surface area contributed by atoms with E-state index >= 15 is 0 Å². The van der Waals surface area contributed by atoms with Crippen LogP contribution in [-0.4, -0.2) is 17.4 Å². The van der Waals surface area contributed by atoms with Crippen molar-refractivity contribution in [2.24, 2.45) is 0 Å². The average Bonchev–Trinajstić information content (AvgIpc) is 2.52. The van der Waals surface area contributed by atoms with Crippen LogP contribution < -0.4 is 10.6 Å². The molecule has 1 amide bonds. The largest absolute Gasteiger partial charge is 0.384 e. The van der Waals surface area contributed by atoms with Crippen LogP contribution in [0.25, 0.3) is 0 Å². The highest BCUT2D eigenvalue weighted by Gasteiger charge is 2.10. The number of nitrogens with one attached hydrogen (secondary N) is 2. The number of nitrogens with zero attached hydrogens (tertiary/aromatic N) is 1. The maximum Gasteiger partial charge on any atom is 0.255 e. The van der Waals surface area contributed by atoms with Gasteiger partial charge in [-0.1, -0.05) is 36.8 Å². The second-order valence-corrected chi connectivity index (χ2v) is 5.02. The number of aryl methyl sites for hydroxylation is 1. The lowest BCUT2D eigenvalue weighted by molar-refractivity contribution is 0.0951. The van der Waals surface area contributed by atoms with Crippen LogP contribution >= 0.6 is 0 Å². The first-order chi connectivity index (χ1) is 10.2. The predicted octanol–water partition coefficient (Wildman–Crippen LogP) is 3.14. The van der Waals surface area contributed by atoms with Crippen molar-refractivity contribution in [1.82, 2.24) is 10.3 Å².